The number of carbonyl (C=O) groups excluding carboxylic acids is 2. The third kappa shape index (κ3) is 2.91. The fraction of sp³-hybridized carbons (Fsp3) is 0.333. The number of aryl methyl sites for hydroxylation is 1. The Hall–Kier alpha value is -2.43. The third-order valence-corrected chi connectivity index (χ3v) is 4.36. The first-order valence-corrected chi connectivity index (χ1v) is 7.78. The molecule has 0 saturated heterocycles. The number of hydrogen-bond acceptors (Lipinski definition) is 2. The van der Waals surface area contributed by atoms with Gasteiger partial charge in [0.25, 0.3) is 5.91 Å². The number of nitrogens with one attached hydrogen (secondary N) is 2. The molecule has 5 heteroatoms. The molecule has 2 aromatic rings. The maximum Gasteiger partial charge on any atom is 0.268 e. The first-order valence-electron chi connectivity index (χ1n) is 7.78. The van der Waals surface area contributed by atoms with E-state index < -0.39 is 0 Å². The van der Waals surface area contributed by atoms with Crippen molar-refractivity contribution < 1.29 is 14.0 Å². The molecule has 1 aliphatic carbocycles. The van der Waals surface area contributed by atoms with Gasteiger partial charge in [-0.05, 0) is 49.9 Å². The molecule has 23 heavy (non-hydrogen) atoms. The number of Topliss-reactive ketones (excluding diaryl/α,β-unsaturated/α-hetero) is 1. The first kappa shape index (κ1) is 15.5. The minimum Gasteiger partial charge on any atom is -0.354 e. The summed E-state index contributed by atoms with van der Waals surface area (Å²) in [6.07, 6.45) is 2.13. The van der Waals surface area contributed by atoms with E-state index in [0.717, 1.165) is 18.5 Å². The summed E-state index contributed by atoms with van der Waals surface area (Å²) in [5.41, 5.74) is 3.34. The standard InChI is InChI=1S/C18H19FN2O2/c1-10-16-14(7-4-8-15(16)22)21-17(10)18(23)20-11(2)12-5-3-6-13(19)9-12/h3,5-6,9,11,21H,4,7-8H2,1-2H3,(H,20,23)/t11-/m0/s1. The number of rotatable bonds is 3. The van der Waals surface area contributed by atoms with Crippen LogP contribution in [0.15, 0.2) is 24.3 Å². The SMILES string of the molecule is Cc1c(C(=O)N[C@@H](C)c2cccc(F)c2)[nH]c2c1C(=O)CCC2. The fourth-order valence-corrected chi connectivity index (χ4v) is 3.13. The van der Waals surface area contributed by atoms with Gasteiger partial charge < -0.3 is 10.3 Å². The smallest absolute Gasteiger partial charge is 0.268 e. The molecule has 120 valence electrons. The largest absolute Gasteiger partial charge is 0.354 e. The number of hydrogen-bond donors (Lipinski definition) is 2. The van der Waals surface area contributed by atoms with Crippen molar-refractivity contribution in [3.63, 3.8) is 0 Å². The van der Waals surface area contributed by atoms with Crippen LogP contribution in [0.25, 0.3) is 0 Å². The highest BCUT2D eigenvalue weighted by Gasteiger charge is 2.26. The summed E-state index contributed by atoms with van der Waals surface area (Å²) >= 11 is 0. The molecule has 0 bridgehead atoms. The number of halogens is 1. The summed E-state index contributed by atoms with van der Waals surface area (Å²) in [5.74, 6) is -0.514. The average Bonchev–Trinajstić information content (AvgIpc) is 2.85. The Kier molecular flexibility index (Phi) is 4.03. The lowest BCUT2D eigenvalue weighted by Crippen LogP contribution is -2.27. The molecule has 0 saturated carbocycles. The first-order chi connectivity index (χ1) is 11.0. The van der Waals surface area contributed by atoms with Crippen molar-refractivity contribution in [2.45, 2.75) is 39.2 Å². The molecule has 3 rings (SSSR count). The van der Waals surface area contributed by atoms with Crippen LogP contribution in [0.4, 0.5) is 4.39 Å². The monoisotopic (exact) mass is 314 g/mol. The molecule has 0 unspecified atom stereocenters. The van der Waals surface area contributed by atoms with Crippen LogP contribution < -0.4 is 5.32 Å². The lowest BCUT2D eigenvalue weighted by atomic mass is 9.94. The number of benzene rings is 1. The van der Waals surface area contributed by atoms with E-state index in [1.54, 1.807) is 26.0 Å². The van der Waals surface area contributed by atoms with Crippen LogP contribution in [0.5, 0.6) is 0 Å². The van der Waals surface area contributed by atoms with Gasteiger partial charge in [-0.3, -0.25) is 9.59 Å². The maximum absolute atomic E-state index is 13.3. The van der Waals surface area contributed by atoms with Crippen LogP contribution in [0.2, 0.25) is 0 Å². The second-order valence-corrected chi connectivity index (χ2v) is 6.01. The zero-order chi connectivity index (χ0) is 16.6. The molecule has 0 aliphatic heterocycles. The number of carbonyl (C=O) groups is 2. The van der Waals surface area contributed by atoms with Crippen LogP contribution in [0, 0.1) is 12.7 Å². The zero-order valence-electron chi connectivity index (χ0n) is 13.2. The van der Waals surface area contributed by atoms with Gasteiger partial charge in [-0.2, -0.15) is 0 Å². The van der Waals surface area contributed by atoms with Crippen LogP contribution in [-0.4, -0.2) is 16.7 Å². The molecular weight excluding hydrogens is 295 g/mol. The van der Waals surface area contributed by atoms with E-state index in [9.17, 15) is 14.0 Å². The van der Waals surface area contributed by atoms with E-state index in [-0.39, 0.29) is 23.5 Å². The highest BCUT2D eigenvalue weighted by molar-refractivity contribution is 6.04. The van der Waals surface area contributed by atoms with Crippen LogP contribution in [0.1, 0.15) is 63.5 Å². The van der Waals surface area contributed by atoms with E-state index in [4.69, 9.17) is 0 Å². The Morgan fingerprint density at radius 3 is 2.83 bits per heavy atom. The molecule has 0 spiro atoms. The normalized spacial score (nSPS) is 15.2. The van der Waals surface area contributed by atoms with Crippen molar-refractivity contribution in [1.82, 2.24) is 10.3 Å². The van der Waals surface area contributed by atoms with Gasteiger partial charge in [0, 0.05) is 17.7 Å². The summed E-state index contributed by atoms with van der Waals surface area (Å²) < 4.78 is 13.3. The molecule has 1 aromatic heterocycles. The molecule has 0 fully saturated rings. The summed E-state index contributed by atoms with van der Waals surface area (Å²) in [6, 6.07) is 5.83. The molecule has 0 radical (unpaired) electrons. The molecule has 1 aliphatic rings. The molecule has 2 N–H and O–H groups in total. The molecule has 1 amide bonds. The summed E-state index contributed by atoms with van der Waals surface area (Å²) in [4.78, 5) is 27.6. The van der Waals surface area contributed by atoms with E-state index in [1.807, 2.05) is 0 Å². The van der Waals surface area contributed by atoms with Gasteiger partial charge in [0.1, 0.15) is 11.5 Å². The number of aromatic nitrogens is 1. The third-order valence-electron chi connectivity index (χ3n) is 4.36. The lowest BCUT2D eigenvalue weighted by molar-refractivity contribution is 0.0934. The van der Waals surface area contributed by atoms with Gasteiger partial charge in [-0.25, -0.2) is 4.39 Å². The summed E-state index contributed by atoms with van der Waals surface area (Å²) in [5, 5.41) is 2.86. The van der Waals surface area contributed by atoms with E-state index in [2.05, 4.69) is 10.3 Å². The van der Waals surface area contributed by atoms with Crippen molar-refractivity contribution in [3.05, 3.63) is 58.2 Å². The lowest BCUT2D eigenvalue weighted by Gasteiger charge is -2.14. The fourth-order valence-electron chi connectivity index (χ4n) is 3.13. The highest BCUT2D eigenvalue weighted by Crippen LogP contribution is 2.26. The van der Waals surface area contributed by atoms with Crippen molar-refractivity contribution in [2.75, 3.05) is 0 Å². The number of aromatic amines is 1. The van der Waals surface area contributed by atoms with Crippen molar-refractivity contribution in [1.29, 1.82) is 0 Å². The molecule has 1 heterocycles. The second kappa shape index (κ2) is 5.99. The summed E-state index contributed by atoms with van der Waals surface area (Å²) in [6.45, 7) is 3.59. The Morgan fingerprint density at radius 2 is 2.13 bits per heavy atom. The minimum atomic E-state index is -0.333. The topological polar surface area (TPSA) is 62.0 Å². The second-order valence-electron chi connectivity index (χ2n) is 6.01. The molecular formula is C18H19FN2O2. The highest BCUT2D eigenvalue weighted by atomic mass is 19.1. The van der Waals surface area contributed by atoms with Crippen LogP contribution >= 0.6 is 0 Å². The van der Waals surface area contributed by atoms with Gasteiger partial charge >= 0.3 is 0 Å². The number of ketones is 1. The molecule has 4 nitrogen and oxygen atoms in total. The van der Waals surface area contributed by atoms with Crippen LogP contribution in [0.3, 0.4) is 0 Å². The van der Waals surface area contributed by atoms with Gasteiger partial charge in [0.05, 0.1) is 6.04 Å². The van der Waals surface area contributed by atoms with Gasteiger partial charge in [-0.1, -0.05) is 12.1 Å². The van der Waals surface area contributed by atoms with Crippen molar-refractivity contribution in [3.8, 4) is 0 Å². The minimum absolute atomic E-state index is 0.0947. The van der Waals surface area contributed by atoms with E-state index >= 15 is 0 Å². The van der Waals surface area contributed by atoms with Gasteiger partial charge in [0.15, 0.2) is 5.78 Å². The quantitative estimate of drug-likeness (QED) is 0.911. The van der Waals surface area contributed by atoms with Gasteiger partial charge in [-0.15, -0.1) is 0 Å². The zero-order valence-corrected chi connectivity index (χ0v) is 13.2. The van der Waals surface area contributed by atoms with E-state index in [1.165, 1.54) is 12.1 Å². The molecule has 1 atom stereocenters. The number of H-pyrrole nitrogens is 1. The summed E-state index contributed by atoms with van der Waals surface area (Å²) in [7, 11) is 0. The molecule has 1 aromatic carbocycles. The Morgan fingerprint density at radius 1 is 1.35 bits per heavy atom. The predicted octanol–water partition coefficient (Wildman–Crippen LogP) is 3.47. The Labute approximate surface area is 134 Å². The number of fused-ring (bicyclic) bond motifs is 1. The Bertz CT molecular complexity index is 779. The van der Waals surface area contributed by atoms with Crippen molar-refractivity contribution in [2.24, 2.45) is 0 Å². The van der Waals surface area contributed by atoms with Crippen LogP contribution in [-0.2, 0) is 6.42 Å². The van der Waals surface area contributed by atoms with Gasteiger partial charge in [0.2, 0.25) is 0 Å². The van der Waals surface area contributed by atoms with E-state index in [0.29, 0.717) is 28.8 Å². The average molecular weight is 314 g/mol. The maximum atomic E-state index is 13.3. The Balaban J connectivity index is 1.83. The number of amides is 1. The predicted molar refractivity (Wildman–Crippen MR) is 85.1 cm³/mol. The van der Waals surface area contributed by atoms with Crippen molar-refractivity contribution >= 4 is 11.7 Å².